The molecule has 0 heterocycles. The molecule has 0 radical (unpaired) electrons. The Labute approximate surface area is 155 Å². The molecular formula is C18H17Cl2NO4. The summed E-state index contributed by atoms with van der Waals surface area (Å²) in [6.45, 7) is 0.257. The van der Waals surface area contributed by atoms with Gasteiger partial charge < -0.3 is 14.8 Å². The minimum atomic E-state index is -0.578. The molecule has 0 bridgehead atoms. The molecule has 1 amide bonds. The molecule has 0 aromatic heterocycles. The van der Waals surface area contributed by atoms with E-state index in [-0.39, 0.29) is 13.0 Å². The van der Waals surface area contributed by atoms with Gasteiger partial charge in [0.05, 0.1) is 13.0 Å². The summed E-state index contributed by atoms with van der Waals surface area (Å²) in [7, 11) is 0. The molecule has 1 N–H and O–H groups in total. The number of hydrogen-bond acceptors (Lipinski definition) is 4. The van der Waals surface area contributed by atoms with E-state index >= 15 is 0 Å². The smallest absolute Gasteiger partial charge is 0.310 e. The summed E-state index contributed by atoms with van der Waals surface area (Å²) in [5, 5.41) is 3.36. The highest BCUT2D eigenvalue weighted by Gasteiger charge is 2.13. The molecule has 0 spiro atoms. The van der Waals surface area contributed by atoms with Gasteiger partial charge in [0, 0.05) is 15.6 Å². The quantitative estimate of drug-likeness (QED) is 0.562. The molecule has 0 saturated carbocycles. The normalized spacial score (nSPS) is 10.2. The molecule has 2 aromatic rings. The molecular weight excluding hydrogens is 365 g/mol. The van der Waals surface area contributed by atoms with Crippen molar-refractivity contribution in [3.63, 3.8) is 0 Å². The van der Waals surface area contributed by atoms with Crippen LogP contribution in [0.15, 0.2) is 48.5 Å². The van der Waals surface area contributed by atoms with Crippen molar-refractivity contribution in [1.29, 1.82) is 0 Å². The first-order chi connectivity index (χ1) is 12.1. The number of benzene rings is 2. The van der Waals surface area contributed by atoms with Crippen LogP contribution in [0.25, 0.3) is 0 Å². The fourth-order valence-corrected chi connectivity index (χ4v) is 2.50. The summed E-state index contributed by atoms with van der Waals surface area (Å²) < 4.78 is 10.4. The lowest BCUT2D eigenvalue weighted by atomic mass is 10.1. The van der Waals surface area contributed by atoms with Crippen molar-refractivity contribution in [3.8, 4) is 5.75 Å². The van der Waals surface area contributed by atoms with Gasteiger partial charge in [-0.15, -0.1) is 0 Å². The Morgan fingerprint density at radius 3 is 2.32 bits per heavy atom. The summed E-state index contributed by atoms with van der Waals surface area (Å²) in [6.07, 6.45) is -0.0943. The van der Waals surface area contributed by atoms with E-state index < -0.39 is 11.9 Å². The average Bonchev–Trinajstić information content (AvgIpc) is 2.61. The number of halogens is 2. The second kappa shape index (κ2) is 9.91. The standard InChI is InChI=1S/C18H17Cl2NO4/c19-15-7-4-8-16(20)14(15)11-18(23)25-12-17(22)21-9-10-24-13-5-2-1-3-6-13/h1-8H,9-12H2,(H,21,22). The second-order valence-corrected chi connectivity index (χ2v) is 5.86. The van der Waals surface area contributed by atoms with Gasteiger partial charge in [0.25, 0.3) is 5.91 Å². The van der Waals surface area contributed by atoms with E-state index in [4.69, 9.17) is 32.7 Å². The van der Waals surface area contributed by atoms with E-state index in [1.54, 1.807) is 18.2 Å². The summed E-state index contributed by atoms with van der Waals surface area (Å²) in [6, 6.07) is 14.2. The third kappa shape index (κ3) is 6.64. The minimum Gasteiger partial charge on any atom is -0.492 e. The molecule has 132 valence electrons. The van der Waals surface area contributed by atoms with Gasteiger partial charge >= 0.3 is 5.97 Å². The van der Waals surface area contributed by atoms with Crippen LogP contribution in [-0.2, 0) is 20.7 Å². The molecule has 0 aliphatic heterocycles. The lowest BCUT2D eigenvalue weighted by molar-refractivity contribution is -0.147. The third-order valence-corrected chi connectivity index (χ3v) is 3.89. The van der Waals surface area contributed by atoms with E-state index in [9.17, 15) is 9.59 Å². The average molecular weight is 382 g/mol. The van der Waals surface area contributed by atoms with Crippen molar-refractivity contribution in [1.82, 2.24) is 5.32 Å². The minimum absolute atomic E-state index is 0.0943. The molecule has 0 atom stereocenters. The first kappa shape index (κ1) is 19.1. The number of hydrogen-bond donors (Lipinski definition) is 1. The van der Waals surface area contributed by atoms with Gasteiger partial charge in [-0.25, -0.2) is 0 Å². The number of rotatable bonds is 8. The van der Waals surface area contributed by atoms with E-state index in [0.717, 1.165) is 5.75 Å². The number of para-hydroxylation sites is 1. The predicted octanol–water partition coefficient (Wildman–Crippen LogP) is 3.27. The maximum absolute atomic E-state index is 11.8. The van der Waals surface area contributed by atoms with E-state index in [2.05, 4.69) is 5.32 Å². The topological polar surface area (TPSA) is 64.6 Å². The van der Waals surface area contributed by atoms with Gasteiger partial charge in [0.1, 0.15) is 12.4 Å². The lowest BCUT2D eigenvalue weighted by Gasteiger charge is -2.09. The third-order valence-electron chi connectivity index (χ3n) is 3.18. The van der Waals surface area contributed by atoms with Crippen molar-refractivity contribution in [3.05, 3.63) is 64.1 Å². The van der Waals surface area contributed by atoms with E-state index in [0.29, 0.717) is 28.8 Å². The summed E-state index contributed by atoms with van der Waals surface area (Å²) in [5.74, 6) is -0.263. The largest absolute Gasteiger partial charge is 0.492 e. The molecule has 2 aromatic carbocycles. The van der Waals surface area contributed by atoms with Crippen molar-refractivity contribution in [2.45, 2.75) is 6.42 Å². The van der Waals surface area contributed by atoms with Gasteiger partial charge in [-0.1, -0.05) is 47.5 Å². The fraction of sp³-hybridized carbons (Fsp3) is 0.222. The molecule has 25 heavy (non-hydrogen) atoms. The zero-order valence-electron chi connectivity index (χ0n) is 13.3. The van der Waals surface area contributed by atoms with Crippen molar-refractivity contribution in [2.75, 3.05) is 19.8 Å². The number of ether oxygens (including phenoxy) is 2. The fourth-order valence-electron chi connectivity index (χ4n) is 1.97. The Hall–Kier alpha value is -2.24. The molecule has 7 heteroatoms. The first-order valence-electron chi connectivity index (χ1n) is 7.59. The maximum Gasteiger partial charge on any atom is 0.310 e. The molecule has 5 nitrogen and oxygen atoms in total. The lowest BCUT2D eigenvalue weighted by Crippen LogP contribution is -2.32. The SMILES string of the molecule is O=C(COC(=O)Cc1c(Cl)cccc1Cl)NCCOc1ccccc1. The van der Waals surface area contributed by atoms with Crippen molar-refractivity contribution < 1.29 is 19.1 Å². The maximum atomic E-state index is 11.8. The number of carbonyl (C=O) groups is 2. The van der Waals surface area contributed by atoms with Crippen molar-refractivity contribution >= 4 is 35.1 Å². The van der Waals surface area contributed by atoms with Crippen LogP contribution in [0.1, 0.15) is 5.56 Å². The molecule has 0 aliphatic carbocycles. The Morgan fingerprint density at radius 2 is 1.64 bits per heavy atom. The van der Waals surface area contributed by atoms with E-state index in [1.807, 2.05) is 30.3 Å². The Kier molecular flexibility index (Phi) is 7.57. The van der Waals surface area contributed by atoms with Gasteiger partial charge in [-0.05, 0) is 24.3 Å². The number of amides is 1. The van der Waals surface area contributed by atoms with Crippen molar-refractivity contribution in [2.24, 2.45) is 0 Å². The van der Waals surface area contributed by atoms with Crippen LogP contribution in [0.4, 0.5) is 0 Å². The number of carbonyl (C=O) groups excluding carboxylic acids is 2. The molecule has 0 fully saturated rings. The summed E-state index contributed by atoms with van der Waals surface area (Å²) in [4.78, 5) is 23.4. The molecule has 0 saturated heterocycles. The van der Waals surface area contributed by atoms with Gasteiger partial charge in [0.2, 0.25) is 0 Å². The number of nitrogens with one attached hydrogen (secondary N) is 1. The Bertz CT molecular complexity index is 702. The van der Waals surface area contributed by atoms with Gasteiger partial charge in [0.15, 0.2) is 6.61 Å². The molecule has 0 aliphatic rings. The van der Waals surface area contributed by atoms with Crippen LogP contribution < -0.4 is 10.1 Å². The highest BCUT2D eigenvalue weighted by Crippen LogP contribution is 2.24. The monoisotopic (exact) mass is 381 g/mol. The van der Waals surface area contributed by atoms with Crippen LogP contribution in [0.3, 0.4) is 0 Å². The van der Waals surface area contributed by atoms with Crippen LogP contribution in [0.2, 0.25) is 10.0 Å². The first-order valence-corrected chi connectivity index (χ1v) is 8.35. The Morgan fingerprint density at radius 1 is 0.960 bits per heavy atom. The van der Waals surface area contributed by atoms with Crippen LogP contribution >= 0.6 is 23.2 Å². The zero-order valence-corrected chi connectivity index (χ0v) is 14.8. The van der Waals surface area contributed by atoms with Crippen LogP contribution in [-0.4, -0.2) is 31.6 Å². The Balaban J connectivity index is 1.65. The second-order valence-electron chi connectivity index (χ2n) is 5.05. The molecule has 0 unspecified atom stereocenters. The number of esters is 1. The van der Waals surface area contributed by atoms with Crippen LogP contribution in [0, 0.1) is 0 Å². The predicted molar refractivity (Wildman–Crippen MR) is 96.1 cm³/mol. The highest BCUT2D eigenvalue weighted by atomic mass is 35.5. The zero-order chi connectivity index (χ0) is 18.1. The van der Waals surface area contributed by atoms with Gasteiger partial charge in [-0.2, -0.15) is 0 Å². The molecule has 2 rings (SSSR count). The van der Waals surface area contributed by atoms with Crippen LogP contribution in [0.5, 0.6) is 5.75 Å². The summed E-state index contributed by atoms with van der Waals surface area (Å²) in [5.41, 5.74) is 0.479. The van der Waals surface area contributed by atoms with Gasteiger partial charge in [-0.3, -0.25) is 9.59 Å². The summed E-state index contributed by atoms with van der Waals surface area (Å²) >= 11 is 12.0. The van der Waals surface area contributed by atoms with E-state index in [1.165, 1.54) is 0 Å². The highest BCUT2D eigenvalue weighted by molar-refractivity contribution is 6.36.